The monoisotopic (exact) mass is 732 g/mol. The fourth-order valence-electron chi connectivity index (χ4n) is 10.2. The van der Waals surface area contributed by atoms with E-state index in [0.717, 1.165) is 102 Å². The number of hydrogen-bond acceptors (Lipinski definition) is 9. The Bertz CT molecular complexity index is 1120. The van der Waals surface area contributed by atoms with Gasteiger partial charge in [-0.3, -0.25) is 9.68 Å². The van der Waals surface area contributed by atoms with Crippen LogP contribution in [0.2, 0.25) is 5.28 Å². The molecule has 51 heavy (non-hydrogen) atoms. The molecule has 2 aliphatic carbocycles. The molecule has 4 aliphatic rings. The molecule has 0 unspecified atom stereocenters. The number of nitrogens with zero attached hydrogens (tertiary/aromatic N) is 7. The number of hydrogen-bond donors (Lipinski definition) is 0. The van der Waals surface area contributed by atoms with Crippen LogP contribution in [-0.4, -0.2) is 84.6 Å². The highest BCUT2D eigenvalue weighted by atomic mass is 35.5. The molecule has 2 aliphatic heterocycles. The van der Waals surface area contributed by atoms with E-state index in [0.29, 0.717) is 12.2 Å². The second-order valence-corrected chi connectivity index (χ2v) is 19.3. The summed E-state index contributed by atoms with van der Waals surface area (Å²) < 4.78 is 0. The van der Waals surface area contributed by atoms with Crippen molar-refractivity contribution in [3.63, 3.8) is 0 Å². The van der Waals surface area contributed by atoms with Crippen LogP contribution in [0.4, 0.5) is 11.9 Å². The molecule has 9 nitrogen and oxygen atoms in total. The standard InChI is InChI=1S/C41H74ClN7O2/c1-11-13-25-46(31-27-38(3,4)48(39(5,6)28-31)50-33-21-17-15-18-22-33)36-43-35(42)44-37(45-36)47(26-14-12-2)32-29-40(7,8)49(41(9,10)30-32)51-34-23-19-16-20-24-34/h31-34H,11-30H2,1-10H3. The Morgan fingerprint density at radius 3 is 1.22 bits per heavy atom. The van der Waals surface area contributed by atoms with E-state index in [9.17, 15) is 0 Å². The zero-order valence-electron chi connectivity index (χ0n) is 34.3. The number of anilines is 2. The summed E-state index contributed by atoms with van der Waals surface area (Å²) in [6.07, 6.45) is 21.3. The van der Waals surface area contributed by atoms with E-state index in [2.05, 4.69) is 89.2 Å². The first-order valence-corrected chi connectivity index (χ1v) is 21.3. The molecule has 292 valence electrons. The molecule has 0 amide bonds. The predicted molar refractivity (Wildman–Crippen MR) is 211 cm³/mol. The van der Waals surface area contributed by atoms with E-state index >= 15 is 0 Å². The maximum Gasteiger partial charge on any atom is 0.231 e. The number of unbranched alkanes of at least 4 members (excludes halogenated alkanes) is 2. The quantitative estimate of drug-likeness (QED) is 0.186. The van der Waals surface area contributed by atoms with Crippen LogP contribution in [0.25, 0.3) is 0 Å². The summed E-state index contributed by atoms with van der Waals surface area (Å²) in [7, 11) is 0. The normalized spacial score (nSPS) is 25.2. The average Bonchev–Trinajstić information content (AvgIpc) is 3.05. The summed E-state index contributed by atoms with van der Waals surface area (Å²) in [5.74, 6) is 1.43. The van der Waals surface area contributed by atoms with Gasteiger partial charge in [0, 0.05) is 47.3 Å². The summed E-state index contributed by atoms with van der Waals surface area (Å²) in [5, 5.41) is 5.00. The molecule has 3 heterocycles. The lowest BCUT2D eigenvalue weighted by atomic mass is 9.78. The van der Waals surface area contributed by atoms with Crippen LogP contribution in [0, 0.1) is 0 Å². The SMILES string of the molecule is CCCCN(c1nc(Cl)nc(N(CCCC)C2CC(C)(C)N(OC3CCCCC3)C(C)(C)C2)n1)C1CC(C)(C)N(OC2CCCCC2)C(C)(C)C1. The molecule has 0 spiro atoms. The molecule has 0 atom stereocenters. The van der Waals surface area contributed by atoms with Gasteiger partial charge >= 0.3 is 0 Å². The summed E-state index contributed by atoms with van der Waals surface area (Å²) in [6, 6.07) is 0.502. The highest BCUT2D eigenvalue weighted by molar-refractivity contribution is 6.28. The fourth-order valence-corrected chi connectivity index (χ4v) is 10.4. The zero-order valence-corrected chi connectivity index (χ0v) is 35.0. The van der Waals surface area contributed by atoms with Crippen LogP contribution < -0.4 is 9.80 Å². The molecule has 4 fully saturated rings. The Kier molecular flexibility index (Phi) is 13.7. The van der Waals surface area contributed by atoms with Crippen LogP contribution in [0.15, 0.2) is 0 Å². The van der Waals surface area contributed by atoms with Crippen LogP contribution in [0.5, 0.6) is 0 Å². The molecule has 0 bridgehead atoms. The van der Waals surface area contributed by atoms with Gasteiger partial charge in [-0.25, -0.2) is 0 Å². The van der Waals surface area contributed by atoms with Crippen molar-refractivity contribution in [2.45, 2.75) is 231 Å². The van der Waals surface area contributed by atoms with E-state index < -0.39 is 0 Å². The third-order valence-corrected chi connectivity index (χ3v) is 12.4. The summed E-state index contributed by atoms with van der Waals surface area (Å²) in [6.45, 7) is 25.1. The minimum Gasteiger partial charge on any atom is -0.338 e. The Morgan fingerprint density at radius 1 is 0.569 bits per heavy atom. The van der Waals surface area contributed by atoms with Gasteiger partial charge in [0.15, 0.2) is 0 Å². The zero-order chi connectivity index (χ0) is 37.0. The predicted octanol–water partition coefficient (Wildman–Crippen LogP) is 10.3. The third-order valence-electron chi connectivity index (χ3n) is 12.2. The Labute approximate surface area is 316 Å². The minimum atomic E-state index is -0.147. The molecule has 1 aromatic rings. The molecule has 5 rings (SSSR count). The van der Waals surface area contributed by atoms with Gasteiger partial charge in [-0.15, -0.1) is 0 Å². The smallest absolute Gasteiger partial charge is 0.231 e. The maximum atomic E-state index is 6.90. The molecule has 0 N–H and O–H groups in total. The number of halogens is 1. The van der Waals surface area contributed by atoms with Gasteiger partial charge in [-0.2, -0.15) is 25.1 Å². The van der Waals surface area contributed by atoms with Crippen LogP contribution in [0.3, 0.4) is 0 Å². The van der Waals surface area contributed by atoms with Gasteiger partial charge in [0.05, 0.1) is 12.2 Å². The minimum absolute atomic E-state index is 0.147. The van der Waals surface area contributed by atoms with Crippen LogP contribution >= 0.6 is 11.6 Å². The van der Waals surface area contributed by atoms with Gasteiger partial charge < -0.3 is 9.80 Å². The first kappa shape index (κ1) is 40.9. The molecular weight excluding hydrogens is 658 g/mol. The largest absolute Gasteiger partial charge is 0.338 e. The van der Waals surface area contributed by atoms with Gasteiger partial charge in [0.25, 0.3) is 0 Å². The highest BCUT2D eigenvalue weighted by Gasteiger charge is 2.51. The second-order valence-electron chi connectivity index (χ2n) is 19.0. The van der Waals surface area contributed by atoms with Gasteiger partial charge in [-0.1, -0.05) is 65.2 Å². The number of hydroxylamine groups is 4. The van der Waals surface area contributed by atoms with Gasteiger partial charge in [0.2, 0.25) is 17.2 Å². The van der Waals surface area contributed by atoms with Crippen molar-refractivity contribution >= 4 is 23.5 Å². The summed E-state index contributed by atoms with van der Waals surface area (Å²) >= 11 is 6.90. The number of aromatic nitrogens is 3. The Balaban J connectivity index is 1.42. The molecule has 2 saturated heterocycles. The van der Waals surface area contributed by atoms with Crippen LogP contribution in [-0.2, 0) is 9.68 Å². The van der Waals surface area contributed by atoms with E-state index in [1.54, 1.807) is 0 Å². The van der Waals surface area contributed by atoms with Gasteiger partial charge in [-0.05, 0) is 131 Å². The Morgan fingerprint density at radius 2 is 0.902 bits per heavy atom. The van der Waals surface area contributed by atoms with E-state index in [4.69, 9.17) is 36.2 Å². The molecule has 10 heteroatoms. The summed E-state index contributed by atoms with van der Waals surface area (Å²) in [4.78, 5) is 33.8. The molecule has 0 aromatic carbocycles. The third kappa shape index (κ3) is 10.1. The molecule has 1 aromatic heterocycles. The van der Waals surface area contributed by atoms with Crippen molar-refractivity contribution in [1.29, 1.82) is 0 Å². The van der Waals surface area contributed by atoms with Crippen molar-refractivity contribution in [2.24, 2.45) is 0 Å². The van der Waals surface area contributed by atoms with Crippen molar-refractivity contribution < 1.29 is 9.68 Å². The fraction of sp³-hybridized carbons (Fsp3) is 0.927. The van der Waals surface area contributed by atoms with Crippen LogP contribution in [0.1, 0.15) is 185 Å². The topological polar surface area (TPSA) is 70.1 Å². The van der Waals surface area contributed by atoms with Crippen molar-refractivity contribution in [2.75, 3.05) is 22.9 Å². The molecule has 2 saturated carbocycles. The highest BCUT2D eigenvalue weighted by Crippen LogP contribution is 2.45. The lowest BCUT2D eigenvalue weighted by molar-refractivity contribution is -0.310. The van der Waals surface area contributed by atoms with Crippen molar-refractivity contribution in [3.05, 3.63) is 5.28 Å². The molecular formula is C41H74ClN7O2. The van der Waals surface area contributed by atoms with Crippen molar-refractivity contribution in [1.82, 2.24) is 25.1 Å². The first-order valence-electron chi connectivity index (χ1n) is 21.0. The second kappa shape index (κ2) is 17.0. The summed E-state index contributed by atoms with van der Waals surface area (Å²) in [5.41, 5.74) is -0.587. The Hall–Kier alpha value is -1.26. The lowest BCUT2D eigenvalue weighted by Gasteiger charge is -2.57. The average molecular weight is 733 g/mol. The van der Waals surface area contributed by atoms with Crippen molar-refractivity contribution in [3.8, 4) is 0 Å². The maximum absolute atomic E-state index is 6.90. The number of piperidine rings is 2. The first-order chi connectivity index (χ1) is 24.1. The van der Waals surface area contributed by atoms with E-state index in [1.165, 1.54) is 38.5 Å². The van der Waals surface area contributed by atoms with E-state index in [1.807, 2.05) is 0 Å². The van der Waals surface area contributed by atoms with Gasteiger partial charge in [0.1, 0.15) is 0 Å². The molecule has 0 radical (unpaired) electrons. The number of rotatable bonds is 14. The van der Waals surface area contributed by atoms with E-state index in [-0.39, 0.29) is 39.5 Å². The lowest BCUT2D eigenvalue weighted by Crippen LogP contribution is -2.65.